The molecule has 0 bridgehead atoms. The first kappa shape index (κ1) is 17.2. The van der Waals surface area contributed by atoms with E-state index in [9.17, 15) is 14.7 Å². The second-order valence-electron chi connectivity index (χ2n) is 7.03. The molecular formula is C19H20O7. The first-order chi connectivity index (χ1) is 12.3. The molecule has 7 nitrogen and oxygen atoms in total. The quantitative estimate of drug-likeness (QED) is 0.879. The van der Waals surface area contributed by atoms with Crippen molar-refractivity contribution < 1.29 is 33.6 Å². The average Bonchev–Trinajstić information content (AvgIpc) is 3.08. The summed E-state index contributed by atoms with van der Waals surface area (Å²) in [5.74, 6) is -1.81. The molecule has 1 fully saturated rings. The number of methoxy groups -OCH3 is 2. The van der Waals surface area contributed by atoms with Gasteiger partial charge in [-0.1, -0.05) is 0 Å². The molecule has 2 aliphatic carbocycles. The lowest BCUT2D eigenvalue weighted by atomic mass is 9.84. The van der Waals surface area contributed by atoms with Gasteiger partial charge in [-0.2, -0.15) is 0 Å². The van der Waals surface area contributed by atoms with Crippen molar-refractivity contribution in [2.75, 3.05) is 14.2 Å². The summed E-state index contributed by atoms with van der Waals surface area (Å²) in [6.07, 6.45) is -0.217. The Morgan fingerprint density at radius 3 is 2.42 bits per heavy atom. The number of fused-ring (bicyclic) bond motifs is 5. The normalized spacial score (nSPS) is 25.9. The average molecular weight is 360 g/mol. The number of ether oxygens (including phenoxy) is 4. The molecule has 1 aromatic rings. The minimum absolute atomic E-state index is 0.108. The van der Waals surface area contributed by atoms with Crippen LogP contribution in [0.3, 0.4) is 0 Å². The molecule has 2 unspecified atom stereocenters. The van der Waals surface area contributed by atoms with Gasteiger partial charge in [0.15, 0.2) is 5.79 Å². The molecule has 1 N–H and O–H groups in total. The molecule has 1 heterocycles. The molecule has 1 aromatic carbocycles. The molecule has 7 heteroatoms. The van der Waals surface area contributed by atoms with Gasteiger partial charge in [0.25, 0.3) is 0 Å². The fourth-order valence-corrected chi connectivity index (χ4v) is 4.19. The van der Waals surface area contributed by atoms with E-state index in [0.717, 1.165) is 5.56 Å². The SMILES string of the molecule is COC1=C(OC)C(=O)c2c(cc(CO)c3c2CC2OC(C)(C)OC32)C1=O. The summed E-state index contributed by atoms with van der Waals surface area (Å²) in [5, 5.41) is 9.87. The third-order valence-electron chi connectivity index (χ3n) is 5.10. The maximum atomic E-state index is 13.0. The minimum atomic E-state index is -0.740. The predicted molar refractivity (Wildman–Crippen MR) is 88.6 cm³/mol. The van der Waals surface area contributed by atoms with E-state index in [1.165, 1.54) is 14.2 Å². The van der Waals surface area contributed by atoms with Crippen LogP contribution in [0.15, 0.2) is 17.6 Å². The summed E-state index contributed by atoms with van der Waals surface area (Å²) in [6.45, 7) is 3.38. The standard InChI is InChI=1S/C19H20O7/c1-19(2)25-11-6-9-12(16(11)26-19)8(7-20)5-10-13(9)15(22)18(24-4)17(23-3)14(10)21/h5,11,16,20H,6-7H2,1-4H3. The molecule has 26 heavy (non-hydrogen) atoms. The van der Waals surface area contributed by atoms with Crippen LogP contribution < -0.4 is 0 Å². The zero-order valence-electron chi connectivity index (χ0n) is 15.0. The van der Waals surface area contributed by atoms with Crippen LogP contribution >= 0.6 is 0 Å². The van der Waals surface area contributed by atoms with Crippen LogP contribution in [0, 0.1) is 0 Å². The fourth-order valence-electron chi connectivity index (χ4n) is 4.19. The number of aliphatic hydroxyl groups excluding tert-OH is 1. The number of ketones is 2. The summed E-state index contributed by atoms with van der Waals surface area (Å²) >= 11 is 0. The number of carbonyl (C=O) groups excluding carboxylic acids is 2. The summed E-state index contributed by atoms with van der Waals surface area (Å²) in [6, 6.07) is 1.55. The molecule has 138 valence electrons. The van der Waals surface area contributed by atoms with Gasteiger partial charge in [0.05, 0.1) is 26.9 Å². The predicted octanol–water partition coefficient (Wildman–Crippen LogP) is 1.81. The zero-order valence-corrected chi connectivity index (χ0v) is 15.0. The number of hydrogen-bond donors (Lipinski definition) is 1. The molecule has 0 radical (unpaired) electrons. The van der Waals surface area contributed by atoms with Gasteiger partial charge in [-0.15, -0.1) is 0 Å². The van der Waals surface area contributed by atoms with Crippen molar-refractivity contribution in [1.29, 1.82) is 0 Å². The molecule has 0 spiro atoms. The van der Waals surface area contributed by atoms with Gasteiger partial charge >= 0.3 is 0 Å². The van der Waals surface area contributed by atoms with Crippen LogP contribution in [-0.2, 0) is 32.0 Å². The van der Waals surface area contributed by atoms with Crippen LogP contribution in [0.4, 0.5) is 0 Å². The zero-order chi connectivity index (χ0) is 18.8. The van der Waals surface area contributed by atoms with E-state index in [4.69, 9.17) is 18.9 Å². The first-order valence-corrected chi connectivity index (χ1v) is 8.39. The van der Waals surface area contributed by atoms with Crippen LogP contribution in [0.5, 0.6) is 0 Å². The Morgan fingerprint density at radius 2 is 1.81 bits per heavy atom. The number of Topliss-reactive ketones (excluding diaryl/α,β-unsaturated/α-hetero) is 2. The number of rotatable bonds is 3. The van der Waals surface area contributed by atoms with Gasteiger partial charge in [0, 0.05) is 17.5 Å². The van der Waals surface area contributed by atoms with Gasteiger partial charge in [-0.05, 0) is 36.6 Å². The van der Waals surface area contributed by atoms with E-state index in [-0.39, 0.29) is 35.9 Å². The monoisotopic (exact) mass is 360 g/mol. The van der Waals surface area contributed by atoms with Crippen molar-refractivity contribution in [3.05, 3.63) is 45.4 Å². The molecular weight excluding hydrogens is 340 g/mol. The summed E-state index contributed by atoms with van der Waals surface area (Å²) in [5.41, 5.74) is 2.48. The molecule has 4 rings (SSSR count). The Kier molecular flexibility index (Phi) is 3.73. The van der Waals surface area contributed by atoms with Crippen molar-refractivity contribution in [2.45, 2.75) is 44.9 Å². The second kappa shape index (κ2) is 5.64. The van der Waals surface area contributed by atoms with E-state index in [2.05, 4.69) is 0 Å². The molecule has 2 atom stereocenters. The number of carbonyl (C=O) groups is 2. The summed E-state index contributed by atoms with van der Waals surface area (Å²) in [4.78, 5) is 25.8. The lowest BCUT2D eigenvalue weighted by Gasteiger charge is -2.25. The van der Waals surface area contributed by atoms with Crippen LogP contribution in [0.1, 0.15) is 57.4 Å². The highest BCUT2D eigenvalue weighted by Gasteiger charge is 2.50. The van der Waals surface area contributed by atoms with Gasteiger partial charge in [0.1, 0.15) is 6.10 Å². The highest BCUT2D eigenvalue weighted by atomic mass is 16.8. The van der Waals surface area contributed by atoms with Crippen molar-refractivity contribution in [3.8, 4) is 0 Å². The maximum absolute atomic E-state index is 13.0. The lowest BCUT2D eigenvalue weighted by molar-refractivity contribution is -0.148. The smallest absolute Gasteiger partial charge is 0.232 e. The van der Waals surface area contributed by atoms with Crippen LogP contribution in [-0.4, -0.2) is 42.8 Å². The molecule has 1 aliphatic heterocycles. The van der Waals surface area contributed by atoms with E-state index in [0.29, 0.717) is 23.1 Å². The van der Waals surface area contributed by atoms with E-state index in [1.54, 1.807) is 6.07 Å². The van der Waals surface area contributed by atoms with Gasteiger partial charge in [-0.25, -0.2) is 0 Å². The largest absolute Gasteiger partial charge is 0.489 e. The molecule has 0 amide bonds. The summed E-state index contributed by atoms with van der Waals surface area (Å²) in [7, 11) is 2.65. The molecule has 0 aromatic heterocycles. The highest BCUT2D eigenvalue weighted by Crippen LogP contribution is 2.49. The van der Waals surface area contributed by atoms with Crippen molar-refractivity contribution in [2.24, 2.45) is 0 Å². The van der Waals surface area contributed by atoms with E-state index >= 15 is 0 Å². The van der Waals surface area contributed by atoms with Crippen LogP contribution in [0.2, 0.25) is 0 Å². The topological polar surface area (TPSA) is 91.3 Å². The van der Waals surface area contributed by atoms with Crippen LogP contribution in [0.25, 0.3) is 0 Å². The molecule has 1 saturated heterocycles. The fraction of sp³-hybridized carbons (Fsp3) is 0.474. The Bertz CT molecular complexity index is 865. The third kappa shape index (κ3) is 2.17. The Labute approximate surface area is 150 Å². The molecule has 0 saturated carbocycles. The van der Waals surface area contributed by atoms with Crippen molar-refractivity contribution in [3.63, 3.8) is 0 Å². The minimum Gasteiger partial charge on any atom is -0.489 e. The lowest BCUT2D eigenvalue weighted by Crippen LogP contribution is -2.27. The third-order valence-corrected chi connectivity index (χ3v) is 5.10. The number of allylic oxidation sites excluding steroid dienone is 2. The Morgan fingerprint density at radius 1 is 1.15 bits per heavy atom. The Hall–Kier alpha value is -2.22. The maximum Gasteiger partial charge on any atom is 0.232 e. The highest BCUT2D eigenvalue weighted by molar-refractivity contribution is 6.26. The molecule has 3 aliphatic rings. The first-order valence-electron chi connectivity index (χ1n) is 8.39. The van der Waals surface area contributed by atoms with E-state index in [1.807, 2.05) is 13.8 Å². The van der Waals surface area contributed by atoms with Crippen molar-refractivity contribution in [1.82, 2.24) is 0 Å². The van der Waals surface area contributed by atoms with Gasteiger partial charge < -0.3 is 24.1 Å². The number of aliphatic hydroxyl groups is 1. The summed E-state index contributed by atoms with van der Waals surface area (Å²) < 4.78 is 22.2. The second-order valence-corrected chi connectivity index (χ2v) is 7.03. The Balaban J connectivity index is 1.94. The van der Waals surface area contributed by atoms with Gasteiger partial charge in [0.2, 0.25) is 23.1 Å². The van der Waals surface area contributed by atoms with E-state index < -0.39 is 17.4 Å². The van der Waals surface area contributed by atoms with Crippen molar-refractivity contribution >= 4 is 11.6 Å². The number of benzene rings is 1. The van der Waals surface area contributed by atoms with Gasteiger partial charge in [-0.3, -0.25) is 9.59 Å². The number of hydrogen-bond acceptors (Lipinski definition) is 7.